The molecule has 0 aromatic heterocycles. The van der Waals surface area contributed by atoms with Crippen molar-refractivity contribution in [1.82, 2.24) is 0 Å². The smallest absolute Gasteiger partial charge is 0.126 e. The number of halogens is 2. The topological polar surface area (TPSA) is 38.4 Å². The van der Waals surface area contributed by atoms with Gasteiger partial charge in [-0.15, -0.1) is 0 Å². The molecule has 0 spiro atoms. The second-order valence-corrected chi connectivity index (χ2v) is 3.67. The van der Waals surface area contributed by atoms with Crippen molar-refractivity contribution in [3.05, 3.63) is 35.4 Å². The Morgan fingerprint density at radius 2 is 1.80 bits per heavy atom. The second-order valence-electron chi connectivity index (χ2n) is 3.67. The molecule has 0 atom stereocenters. The maximum absolute atomic E-state index is 12.8. The lowest BCUT2D eigenvalue weighted by molar-refractivity contribution is 0.581. The van der Waals surface area contributed by atoms with Crippen LogP contribution in [0, 0.1) is 11.6 Å². The molecule has 0 aliphatic heterocycles. The van der Waals surface area contributed by atoms with E-state index in [1.807, 2.05) is 13.8 Å². The van der Waals surface area contributed by atoms with Gasteiger partial charge in [0.1, 0.15) is 11.6 Å². The van der Waals surface area contributed by atoms with E-state index in [1.165, 1.54) is 12.1 Å². The van der Waals surface area contributed by atoms with E-state index < -0.39 is 11.6 Å². The monoisotopic (exact) mass is 212 g/mol. The van der Waals surface area contributed by atoms with Crippen LogP contribution >= 0.6 is 0 Å². The minimum atomic E-state index is -0.595. The number of amidine groups is 1. The Morgan fingerprint density at radius 1 is 1.27 bits per heavy atom. The quantitative estimate of drug-likeness (QED) is 0.605. The van der Waals surface area contributed by atoms with Gasteiger partial charge in [0, 0.05) is 18.5 Å². The van der Waals surface area contributed by atoms with Crippen LogP contribution in [0.4, 0.5) is 8.78 Å². The van der Waals surface area contributed by atoms with E-state index >= 15 is 0 Å². The molecule has 0 bridgehead atoms. The number of aliphatic imine (C=N–C) groups is 1. The Bertz CT molecular complexity index is 353. The largest absolute Gasteiger partial charge is 0.387 e. The van der Waals surface area contributed by atoms with Gasteiger partial charge < -0.3 is 5.73 Å². The zero-order valence-electron chi connectivity index (χ0n) is 8.80. The van der Waals surface area contributed by atoms with E-state index in [4.69, 9.17) is 5.73 Å². The lowest BCUT2D eigenvalue weighted by Crippen LogP contribution is -2.17. The molecule has 4 heteroatoms. The summed E-state index contributed by atoms with van der Waals surface area (Å²) < 4.78 is 25.6. The van der Waals surface area contributed by atoms with Gasteiger partial charge in [-0.3, -0.25) is 4.99 Å². The molecule has 0 unspecified atom stereocenters. The summed E-state index contributed by atoms with van der Waals surface area (Å²) in [6, 6.07) is 3.43. The summed E-state index contributed by atoms with van der Waals surface area (Å²) in [5, 5.41) is 0. The number of benzene rings is 1. The maximum Gasteiger partial charge on any atom is 0.126 e. The lowest BCUT2D eigenvalue weighted by Gasteiger charge is -2.04. The summed E-state index contributed by atoms with van der Waals surface area (Å²) >= 11 is 0. The molecule has 1 rings (SSSR count). The van der Waals surface area contributed by atoms with E-state index in [2.05, 4.69) is 4.99 Å². The van der Waals surface area contributed by atoms with Crippen molar-refractivity contribution in [2.24, 2.45) is 10.7 Å². The summed E-state index contributed by atoms with van der Waals surface area (Å²) in [6.07, 6.45) is 0.271. The Balaban J connectivity index is 2.81. The van der Waals surface area contributed by atoms with E-state index in [-0.39, 0.29) is 12.5 Å². The van der Waals surface area contributed by atoms with Gasteiger partial charge >= 0.3 is 0 Å². The molecule has 15 heavy (non-hydrogen) atoms. The first kappa shape index (κ1) is 11.6. The van der Waals surface area contributed by atoms with Gasteiger partial charge in [0.2, 0.25) is 0 Å². The van der Waals surface area contributed by atoms with Crippen molar-refractivity contribution in [2.75, 3.05) is 0 Å². The molecule has 1 aromatic rings. The Hall–Kier alpha value is -1.45. The van der Waals surface area contributed by atoms with Gasteiger partial charge in [-0.2, -0.15) is 0 Å². The number of nitrogens with zero attached hydrogens (tertiary/aromatic N) is 1. The molecule has 0 heterocycles. The average Bonchev–Trinajstić information content (AvgIpc) is 1.98. The zero-order valence-corrected chi connectivity index (χ0v) is 8.80. The Morgan fingerprint density at radius 3 is 2.27 bits per heavy atom. The van der Waals surface area contributed by atoms with Crippen LogP contribution in [-0.4, -0.2) is 11.9 Å². The third kappa shape index (κ3) is 4.06. The van der Waals surface area contributed by atoms with Gasteiger partial charge in [-0.05, 0) is 31.5 Å². The fourth-order valence-corrected chi connectivity index (χ4v) is 1.30. The highest BCUT2D eigenvalue weighted by molar-refractivity contribution is 5.82. The first-order valence-corrected chi connectivity index (χ1v) is 4.74. The second kappa shape index (κ2) is 4.87. The molecule has 0 saturated heterocycles. The zero-order chi connectivity index (χ0) is 11.4. The van der Waals surface area contributed by atoms with Crippen LogP contribution in [0.25, 0.3) is 0 Å². The Kier molecular flexibility index (Phi) is 3.77. The molecule has 0 aliphatic carbocycles. The molecular weight excluding hydrogens is 198 g/mol. The summed E-state index contributed by atoms with van der Waals surface area (Å²) in [4.78, 5) is 4.08. The molecule has 1 aromatic carbocycles. The predicted molar refractivity (Wildman–Crippen MR) is 56.8 cm³/mol. The third-order valence-electron chi connectivity index (χ3n) is 1.73. The van der Waals surface area contributed by atoms with E-state index in [0.29, 0.717) is 11.4 Å². The fourth-order valence-electron chi connectivity index (χ4n) is 1.30. The van der Waals surface area contributed by atoms with Crippen molar-refractivity contribution < 1.29 is 8.78 Å². The standard InChI is InChI=1S/C11H14F2N2/c1-7(2)15-11(14)5-8-3-9(12)6-10(13)4-8/h3-4,6-7H,5H2,1-2H3,(H2,14,15). The van der Waals surface area contributed by atoms with Gasteiger partial charge in [0.05, 0.1) is 5.84 Å². The van der Waals surface area contributed by atoms with Crippen LogP contribution in [0.3, 0.4) is 0 Å². The molecular formula is C11H14F2N2. The Labute approximate surface area is 87.8 Å². The van der Waals surface area contributed by atoms with Gasteiger partial charge in [-0.1, -0.05) is 0 Å². The van der Waals surface area contributed by atoms with Crippen molar-refractivity contribution >= 4 is 5.84 Å². The minimum absolute atomic E-state index is 0.0865. The van der Waals surface area contributed by atoms with E-state index in [9.17, 15) is 8.78 Å². The maximum atomic E-state index is 12.8. The van der Waals surface area contributed by atoms with Crippen molar-refractivity contribution in [1.29, 1.82) is 0 Å². The molecule has 0 amide bonds. The first-order valence-electron chi connectivity index (χ1n) is 4.74. The summed E-state index contributed by atoms with van der Waals surface area (Å²) in [5.41, 5.74) is 6.11. The summed E-state index contributed by atoms with van der Waals surface area (Å²) in [5.74, 6) is -0.806. The minimum Gasteiger partial charge on any atom is -0.387 e. The molecule has 82 valence electrons. The molecule has 0 saturated carbocycles. The fraction of sp³-hybridized carbons (Fsp3) is 0.364. The van der Waals surface area contributed by atoms with Crippen LogP contribution in [0.1, 0.15) is 19.4 Å². The average molecular weight is 212 g/mol. The van der Waals surface area contributed by atoms with Crippen LogP contribution in [-0.2, 0) is 6.42 Å². The first-order chi connectivity index (χ1) is 6.97. The van der Waals surface area contributed by atoms with Gasteiger partial charge in [0.15, 0.2) is 0 Å². The highest BCUT2D eigenvalue weighted by Gasteiger charge is 2.03. The van der Waals surface area contributed by atoms with Crippen LogP contribution in [0.2, 0.25) is 0 Å². The lowest BCUT2D eigenvalue weighted by atomic mass is 10.1. The number of rotatable bonds is 3. The van der Waals surface area contributed by atoms with Crippen molar-refractivity contribution in [3.8, 4) is 0 Å². The van der Waals surface area contributed by atoms with Crippen molar-refractivity contribution in [3.63, 3.8) is 0 Å². The van der Waals surface area contributed by atoms with Gasteiger partial charge in [0.25, 0.3) is 0 Å². The highest BCUT2D eigenvalue weighted by Crippen LogP contribution is 2.08. The normalized spacial score (nSPS) is 12.2. The van der Waals surface area contributed by atoms with E-state index in [0.717, 1.165) is 6.07 Å². The molecule has 0 radical (unpaired) electrons. The molecule has 2 nitrogen and oxygen atoms in total. The molecule has 0 fully saturated rings. The van der Waals surface area contributed by atoms with Crippen LogP contribution in [0.15, 0.2) is 23.2 Å². The summed E-state index contributed by atoms with van der Waals surface area (Å²) in [6.45, 7) is 3.78. The predicted octanol–water partition coefficient (Wildman–Crippen LogP) is 2.27. The summed E-state index contributed by atoms with van der Waals surface area (Å²) in [7, 11) is 0. The SMILES string of the molecule is CC(C)N=C(N)Cc1cc(F)cc(F)c1. The molecule has 2 N–H and O–H groups in total. The molecule has 0 aliphatic rings. The van der Waals surface area contributed by atoms with Crippen LogP contribution in [0.5, 0.6) is 0 Å². The third-order valence-corrected chi connectivity index (χ3v) is 1.73. The number of nitrogens with two attached hydrogens (primary N) is 1. The number of hydrogen-bond acceptors (Lipinski definition) is 1. The van der Waals surface area contributed by atoms with E-state index in [1.54, 1.807) is 0 Å². The van der Waals surface area contributed by atoms with Gasteiger partial charge in [-0.25, -0.2) is 8.78 Å². The van der Waals surface area contributed by atoms with Crippen molar-refractivity contribution in [2.45, 2.75) is 26.3 Å². The van der Waals surface area contributed by atoms with Crippen LogP contribution < -0.4 is 5.73 Å². The highest BCUT2D eigenvalue weighted by atomic mass is 19.1. The number of hydrogen-bond donors (Lipinski definition) is 1.